The lowest BCUT2D eigenvalue weighted by Crippen LogP contribution is -0.898. The summed E-state index contributed by atoms with van der Waals surface area (Å²) in [5.74, 6) is 0. The van der Waals surface area contributed by atoms with Crippen molar-refractivity contribution >= 4 is 23.1 Å². The van der Waals surface area contributed by atoms with Gasteiger partial charge in [0, 0.05) is 0 Å². The van der Waals surface area contributed by atoms with Gasteiger partial charge in [-0.05, 0) is 19.3 Å². The van der Waals surface area contributed by atoms with Crippen molar-refractivity contribution in [3.63, 3.8) is 0 Å². The number of hydrogen-bond donors (Lipinski definition) is 0. The zero-order valence-electron chi connectivity index (χ0n) is 1.99. The first-order chi connectivity index (χ1) is 1.50. The first-order valence-corrected chi connectivity index (χ1v) is 1.32. The van der Waals surface area contributed by atoms with Gasteiger partial charge in [0.05, 0.1) is 0 Å². The quantitative estimate of drug-likeness (QED) is 0.352. The van der Waals surface area contributed by atoms with Crippen molar-refractivity contribution in [1.29, 1.82) is 0 Å². The largest absolute Gasteiger partial charge is 0.316 e. The van der Waals surface area contributed by atoms with E-state index >= 15 is 0 Å². The fraction of sp³-hybridized carbons (Fsp3) is 0.667. The van der Waals surface area contributed by atoms with Gasteiger partial charge in [-0.3, -0.25) is 0 Å². The smallest absolute Gasteiger partial charge is 0.0499 e. The zero-order chi connectivity index (χ0) is 2.12. The summed E-state index contributed by atoms with van der Waals surface area (Å²) in [7, 11) is 0. The Balaban J connectivity index is 0.0000000900. The van der Waals surface area contributed by atoms with Crippen LogP contribution in [0, 0.1) is 6.42 Å². The normalized spacial score (nSPS) is 18.0. The van der Waals surface area contributed by atoms with Crippen LogP contribution >= 0.6 is 0 Å². The molecule has 1 saturated carbocycles. The molecule has 1 heteroatoms. The SMILES string of the molecule is [CH]1CC1.[MgH2]. The Morgan fingerprint density at radius 3 is 1.50 bits per heavy atom. The Morgan fingerprint density at radius 1 is 1.25 bits per heavy atom. The molecule has 0 amide bonds. The summed E-state index contributed by atoms with van der Waals surface area (Å²) in [6.45, 7) is 0. The summed E-state index contributed by atoms with van der Waals surface area (Å²) in [6, 6.07) is 0. The predicted octanol–water partition coefficient (Wildman–Crippen LogP) is 0.0683. The molecule has 0 aromatic rings. The molecule has 21 valence electrons. The molecule has 1 radical (unpaired) electrons. The fourth-order valence-corrected chi connectivity index (χ4v) is 0. The second-order valence-corrected chi connectivity index (χ2v) is 0.866. The topological polar surface area (TPSA) is 0 Å². The van der Waals surface area contributed by atoms with E-state index in [1.165, 1.54) is 12.8 Å². The molecule has 0 N–H and O–H groups in total. The lowest BCUT2D eigenvalue weighted by Gasteiger charge is -1.05. The molecule has 0 unspecified atom stereocenters. The molecule has 1 aliphatic rings. The lowest BCUT2D eigenvalue weighted by molar-refractivity contribution is 1.50. The van der Waals surface area contributed by atoms with Gasteiger partial charge in [-0.1, -0.05) is 0 Å². The third kappa shape index (κ3) is 2.77. The summed E-state index contributed by atoms with van der Waals surface area (Å²) in [5, 5.41) is 0. The minimum atomic E-state index is 0. The fourth-order valence-electron chi connectivity index (χ4n) is 0. The molecule has 0 aliphatic heterocycles. The van der Waals surface area contributed by atoms with Crippen molar-refractivity contribution in [1.82, 2.24) is 0 Å². The van der Waals surface area contributed by atoms with Gasteiger partial charge < -0.3 is 0 Å². The molecule has 0 aromatic heterocycles. The van der Waals surface area contributed by atoms with Crippen molar-refractivity contribution in [3.8, 4) is 0 Å². The Hall–Kier alpha value is 0.766. The molecule has 4 heavy (non-hydrogen) atoms. The molecule has 0 atom stereocenters. The van der Waals surface area contributed by atoms with Crippen LogP contribution < -0.4 is 0 Å². The van der Waals surface area contributed by atoms with Crippen LogP contribution in [0.25, 0.3) is 0 Å². The van der Waals surface area contributed by atoms with E-state index in [0.29, 0.717) is 0 Å². The molecule has 1 aliphatic carbocycles. The van der Waals surface area contributed by atoms with Gasteiger partial charge in [0.15, 0.2) is 0 Å². The van der Waals surface area contributed by atoms with Crippen LogP contribution in [-0.4, -0.2) is 23.1 Å². The van der Waals surface area contributed by atoms with Crippen molar-refractivity contribution < 1.29 is 0 Å². The molecular formula is C3H7Mg. The monoisotopic (exact) mass is 67.0 g/mol. The third-order valence-electron chi connectivity index (χ3n) is 0.289. The van der Waals surface area contributed by atoms with E-state index in [0.717, 1.165) is 0 Å². The van der Waals surface area contributed by atoms with Gasteiger partial charge in [0.2, 0.25) is 0 Å². The molecule has 1 rings (SSSR count). The highest BCUT2D eigenvalue weighted by Crippen LogP contribution is 2.12. The first kappa shape index (κ1) is 4.77. The standard InChI is InChI=1S/C3H5.Mg.2H/c1-2-3-1;;;/h1H,2-3H2;;;. The maximum absolute atomic E-state index is 2.25. The van der Waals surface area contributed by atoms with Crippen molar-refractivity contribution in [2.24, 2.45) is 0 Å². The maximum atomic E-state index is 2.25. The summed E-state index contributed by atoms with van der Waals surface area (Å²) < 4.78 is 0. The van der Waals surface area contributed by atoms with Crippen LogP contribution in [0.3, 0.4) is 0 Å². The average Bonchev–Trinajstić information content (AvgIpc) is 1.46. The summed E-state index contributed by atoms with van der Waals surface area (Å²) >= 11 is 0. The van der Waals surface area contributed by atoms with E-state index in [1.54, 1.807) is 0 Å². The molecule has 0 aromatic carbocycles. The van der Waals surface area contributed by atoms with Crippen LogP contribution in [-0.2, 0) is 0 Å². The van der Waals surface area contributed by atoms with E-state index in [-0.39, 0.29) is 23.1 Å². The second kappa shape index (κ2) is 2.03. The minimum absolute atomic E-state index is 0. The summed E-state index contributed by atoms with van der Waals surface area (Å²) in [6.07, 6.45) is 5.00. The highest BCUT2D eigenvalue weighted by Gasteiger charge is 1.95. The number of rotatable bonds is 0. The van der Waals surface area contributed by atoms with Gasteiger partial charge >= 0.3 is 23.1 Å². The Kier molecular flexibility index (Phi) is 2.42. The van der Waals surface area contributed by atoms with Crippen molar-refractivity contribution in [2.45, 2.75) is 12.8 Å². The average molecular weight is 67.4 g/mol. The summed E-state index contributed by atoms with van der Waals surface area (Å²) in [5.41, 5.74) is 0. The van der Waals surface area contributed by atoms with E-state index in [2.05, 4.69) is 6.42 Å². The van der Waals surface area contributed by atoms with Gasteiger partial charge in [0.25, 0.3) is 0 Å². The van der Waals surface area contributed by atoms with Crippen LogP contribution in [0.1, 0.15) is 12.8 Å². The highest BCUT2D eigenvalue weighted by atomic mass is 24.3. The Labute approximate surface area is 42.7 Å². The van der Waals surface area contributed by atoms with Crippen molar-refractivity contribution in [3.05, 3.63) is 6.42 Å². The molecular weight excluding hydrogens is 60.3 g/mol. The van der Waals surface area contributed by atoms with Gasteiger partial charge in [0.1, 0.15) is 0 Å². The summed E-state index contributed by atoms with van der Waals surface area (Å²) in [4.78, 5) is 0. The maximum Gasteiger partial charge on any atom is 0.316 e. The second-order valence-electron chi connectivity index (χ2n) is 0.866. The Bertz CT molecular complexity index is 8.00. The Morgan fingerprint density at radius 2 is 1.50 bits per heavy atom. The van der Waals surface area contributed by atoms with Crippen LogP contribution in [0.2, 0.25) is 0 Å². The lowest BCUT2D eigenvalue weighted by atomic mass is 11.0. The molecule has 1 fully saturated rings. The van der Waals surface area contributed by atoms with Gasteiger partial charge in [-0.25, -0.2) is 0 Å². The van der Waals surface area contributed by atoms with Gasteiger partial charge in [-0.15, -0.1) is 0 Å². The minimum Gasteiger partial charge on any atom is -0.0499 e. The van der Waals surface area contributed by atoms with Crippen LogP contribution in [0.5, 0.6) is 0 Å². The molecule has 0 bridgehead atoms. The zero-order valence-corrected chi connectivity index (χ0v) is 1.99. The van der Waals surface area contributed by atoms with E-state index in [1.807, 2.05) is 0 Å². The van der Waals surface area contributed by atoms with Crippen LogP contribution in [0.4, 0.5) is 0 Å². The molecule has 0 spiro atoms. The first-order valence-electron chi connectivity index (χ1n) is 1.32. The highest BCUT2D eigenvalue weighted by molar-refractivity contribution is 5.75. The van der Waals surface area contributed by atoms with Crippen LogP contribution in [0.15, 0.2) is 0 Å². The van der Waals surface area contributed by atoms with Crippen molar-refractivity contribution in [2.75, 3.05) is 0 Å². The predicted molar refractivity (Wildman–Crippen MR) is 22.1 cm³/mol. The van der Waals surface area contributed by atoms with Gasteiger partial charge in [-0.2, -0.15) is 0 Å². The van der Waals surface area contributed by atoms with E-state index < -0.39 is 0 Å². The number of hydrogen-bond acceptors (Lipinski definition) is 0. The van der Waals surface area contributed by atoms with E-state index in [9.17, 15) is 0 Å². The molecule has 0 saturated heterocycles. The van der Waals surface area contributed by atoms with E-state index in [4.69, 9.17) is 0 Å². The molecule has 0 heterocycles. The third-order valence-corrected chi connectivity index (χ3v) is 0.289. The molecule has 0 nitrogen and oxygen atoms in total.